The number of nitrogens with zero attached hydrogens (tertiary/aromatic N) is 2. The highest BCUT2D eigenvalue weighted by Gasteiger charge is 2.16. The van der Waals surface area contributed by atoms with Gasteiger partial charge in [0.1, 0.15) is 11.6 Å². The van der Waals surface area contributed by atoms with Gasteiger partial charge in [-0.2, -0.15) is 0 Å². The van der Waals surface area contributed by atoms with Crippen molar-refractivity contribution in [3.05, 3.63) is 48.2 Å². The Labute approximate surface area is 112 Å². The predicted octanol–water partition coefficient (Wildman–Crippen LogP) is 2.45. The summed E-state index contributed by atoms with van der Waals surface area (Å²) in [5.41, 5.74) is 7.85. The molecule has 0 atom stereocenters. The number of anilines is 2. The fourth-order valence-electron chi connectivity index (χ4n) is 2.34. The molecule has 1 aromatic heterocycles. The van der Waals surface area contributed by atoms with Crippen LogP contribution in [0.3, 0.4) is 0 Å². The molecule has 2 aromatic rings. The van der Waals surface area contributed by atoms with Crippen LogP contribution in [0.1, 0.15) is 12.1 Å². The number of aromatic nitrogens is 1. The average Bonchev–Trinajstić information content (AvgIpc) is 2.62. The molecule has 4 heteroatoms. The number of nitrogens with two attached hydrogens (primary N) is 1. The molecule has 0 radical (unpaired) electrons. The van der Waals surface area contributed by atoms with E-state index >= 15 is 0 Å². The minimum Gasteiger partial charge on any atom is -0.491 e. The van der Waals surface area contributed by atoms with Crippen molar-refractivity contribution in [3.63, 3.8) is 0 Å². The maximum absolute atomic E-state index is 5.75. The third kappa shape index (κ3) is 2.62. The van der Waals surface area contributed by atoms with Crippen LogP contribution >= 0.6 is 0 Å². The minimum absolute atomic E-state index is 0.567. The summed E-state index contributed by atoms with van der Waals surface area (Å²) >= 11 is 0. The second-order valence-corrected chi connectivity index (χ2v) is 4.65. The van der Waals surface area contributed by atoms with Crippen molar-refractivity contribution < 1.29 is 4.74 Å². The van der Waals surface area contributed by atoms with Crippen molar-refractivity contribution >= 4 is 11.5 Å². The normalized spacial score (nSPS) is 14.4. The molecule has 2 N–H and O–H groups in total. The molecule has 0 bridgehead atoms. The molecule has 1 aliphatic rings. The van der Waals surface area contributed by atoms with E-state index in [9.17, 15) is 0 Å². The third-order valence-electron chi connectivity index (χ3n) is 3.22. The second-order valence-electron chi connectivity index (χ2n) is 4.65. The first-order valence-electron chi connectivity index (χ1n) is 6.51. The highest BCUT2D eigenvalue weighted by atomic mass is 16.5. The molecular weight excluding hydrogens is 238 g/mol. The Morgan fingerprint density at radius 3 is 2.95 bits per heavy atom. The topological polar surface area (TPSA) is 51.4 Å². The molecule has 1 aromatic carbocycles. The summed E-state index contributed by atoms with van der Waals surface area (Å²) in [4.78, 5) is 6.66. The standard InChI is InChI=1S/C15H17N3O/c16-15-8-3-5-12(17-15)11-18-9-4-10-19-14-7-2-1-6-13(14)18/h1-3,5-8H,4,9-11H2,(H2,16,17). The number of ether oxygens (including phenoxy) is 1. The van der Waals surface area contributed by atoms with Crippen molar-refractivity contribution in [2.24, 2.45) is 0 Å². The van der Waals surface area contributed by atoms with Gasteiger partial charge in [0.25, 0.3) is 0 Å². The van der Waals surface area contributed by atoms with Gasteiger partial charge in [0.05, 0.1) is 24.5 Å². The van der Waals surface area contributed by atoms with Crippen LogP contribution in [0, 0.1) is 0 Å². The minimum atomic E-state index is 0.567. The van der Waals surface area contributed by atoms with Gasteiger partial charge >= 0.3 is 0 Å². The van der Waals surface area contributed by atoms with Crippen LogP contribution in [0.25, 0.3) is 0 Å². The van der Waals surface area contributed by atoms with Gasteiger partial charge < -0.3 is 15.4 Å². The molecule has 19 heavy (non-hydrogen) atoms. The van der Waals surface area contributed by atoms with E-state index < -0.39 is 0 Å². The lowest BCUT2D eigenvalue weighted by atomic mass is 10.2. The van der Waals surface area contributed by atoms with Crippen LogP contribution < -0.4 is 15.4 Å². The first kappa shape index (κ1) is 11.8. The summed E-state index contributed by atoms with van der Waals surface area (Å²) in [5.74, 6) is 1.51. The van der Waals surface area contributed by atoms with Crippen molar-refractivity contribution in [2.75, 3.05) is 23.8 Å². The lowest BCUT2D eigenvalue weighted by Crippen LogP contribution is -2.23. The average molecular weight is 255 g/mol. The van der Waals surface area contributed by atoms with Crippen molar-refractivity contribution in [1.29, 1.82) is 0 Å². The molecular formula is C15H17N3O. The van der Waals surface area contributed by atoms with Gasteiger partial charge in [0, 0.05) is 6.54 Å². The molecule has 4 nitrogen and oxygen atoms in total. The molecule has 0 amide bonds. The Bertz CT molecular complexity index is 571. The van der Waals surface area contributed by atoms with Crippen molar-refractivity contribution in [3.8, 4) is 5.75 Å². The fourth-order valence-corrected chi connectivity index (χ4v) is 2.34. The summed E-state index contributed by atoms with van der Waals surface area (Å²) in [6.45, 7) is 2.48. The van der Waals surface area contributed by atoms with Gasteiger partial charge in [-0.1, -0.05) is 18.2 Å². The van der Waals surface area contributed by atoms with E-state index in [4.69, 9.17) is 10.5 Å². The molecule has 3 rings (SSSR count). The summed E-state index contributed by atoms with van der Waals surface area (Å²) in [6, 6.07) is 13.9. The number of hydrogen-bond donors (Lipinski definition) is 1. The molecule has 0 spiro atoms. The van der Waals surface area contributed by atoms with Gasteiger partial charge in [-0.15, -0.1) is 0 Å². The van der Waals surface area contributed by atoms with Crippen LogP contribution in [0.5, 0.6) is 5.75 Å². The number of para-hydroxylation sites is 2. The highest BCUT2D eigenvalue weighted by molar-refractivity contribution is 5.59. The third-order valence-corrected chi connectivity index (χ3v) is 3.22. The van der Waals surface area contributed by atoms with Crippen LogP contribution in [0.4, 0.5) is 11.5 Å². The summed E-state index contributed by atoms with van der Waals surface area (Å²) < 4.78 is 5.75. The maximum atomic E-state index is 5.75. The van der Waals surface area contributed by atoms with Gasteiger partial charge in [-0.3, -0.25) is 0 Å². The maximum Gasteiger partial charge on any atom is 0.142 e. The largest absolute Gasteiger partial charge is 0.491 e. The smallest absolute Gasteiger partial charge is 0.142 e. The van der Waals surface area contributed by atoms with Crippen LogP contribution in [0.15, 0.2) is 42.5 Å². The molecule has 0 saturated carbocycles. The van der Waals surface area contributed by atoms with E-state index in [1.807, 2.05) is 36.4 Å². The zero-order valence-corrected chi connectivity index (χ0v) is 10.7. The SMILES string of the molecule is Nc1cccc(CN2CCCOc3ccccc32)n1. The van der Waals surface area contributed by atoms with E-state index in [2.05, 4.69) is 16.0 Å². The van der Waals surface area contributed by atoms with Gasteiger partial charge in [0.2, 0.25) is 0 Å². The second kappa shape index (κ2) is 5.18. The van der Waals surface area contributed by atoms with E-state index in [1.165, 1.54) is 0 Å². The number of pyridine rings is 1. The molecule has 0 fully saturated rings. The number of benzene rings is 1. The lowest BCUT2D eigenvalue weighted by Gasteiger charge is -2.23. The quantitative estimate of drug-likeness (QED) is 0.895. The highest BCUT2D eigenvalue weighted by Crippen LogP contribution is 2.31. The molecule has 0 saturated heterocycles. The van der Waals surface area contributed by atoms with E-state index in [-0.39, 0.29) is 0 Å². The Balaban J connectivity index is 1.88. The predicted molar refractivity (Wildman–Crippen MR) is 76.3 cm³/mol. The molecule has 1 aliphatic heterocycles. The molecule has 0 aliphatic carbocycles. The van der Waals surface area contributed by atoms with Gasteiger partial charge in [-0.25, -0.2) is 4.98 Å². The van der Waals surface area contributed by atoms with Gasteiger partial charge in [-0.05, 0) is 30.7 Å². The van der Waals surface area contributed by atoms with Gasteiger partial charge in [0.15, 0.2) is 0 Å². The monoisotopic (exact) mass is 255 g/mol. The molecule has 0 unspecified atom stereocenters. The van der Waals surface area contributed by atoms with E-state index in [0.29, 0.717) is 5.82 Å². The Kier molecular flexibility index (Phi) is 3.23. The van der Waals surface area contributed by atoms with Crippen molar-refractivity contribution in [2.45, 2.75) is 13.0 Å². The van der Waals surface area contributed by atoms with Crippen LogP contribution in [0.2, 0.25) is 0 Å². The lowest BCUT2D eigenvalue weighted by molar-refractivity contribution is 0.322. The Morgan fingerprint density at radius 2 is 2.05 bits per heavy atom. The van der Waals surface area contributed by atoms with Crippen LogP contribution in [-0.4, -0.2) is 18.1 Å². The molecule has 2 heterocycles. The Morgan fingerprint density at radius 1 is 1.16 bits per heavy atom. The number of hydrogen-bond acceptors (Lipinski definition) is 4. The summed E-state index contributed by atoms with van der Waals surface area (Å²) in [5, 5.41) is 0. The van der Waals surface area contributed by atoms with Crippen LogP contribution in [-0.2, 0) is 6.54 Å². The van der Waals surface area contributed by atoms with E-state index in [0.717, 1.165) is 43.2 Å². The van der Waals surface area contributed by atoms with E-state index in [1.54, 1.807) is 0 Å². The zero-order chi connectivity index (χ0) is 13.1. The Hall–Kier alpha value is -2.23. The number of rotatable bonds is 2. The fraction of sp³-hybridized carbons (Fsp3) is 0.267. The zero-order valence-electron chi connectivity index (χ0n) is 10.7. The summed E-state index contributed by atoms with van der Waals surface area (Å²) in [6.07, 6.45) is 1.01. The number of nitrogen functional groups attached to an aromatic ring is 1. The first-order chi connectivity index (χ1) is 9.33. The molecule has 98 valence electrons. The summed E-state index contributed by atoms with van der Waals surface area (Å²) in [7, 11) is 0. The first-order valence-corrected chi connectivity index (χ1v) is 6.51. The van der Waals surface area contributed by atoms with Crippen molar-refractivity contribution in [1.82, 2.24) is 4.98 Å². The number of fused-ring (bicyclic) bond motifs is 1.